The first kappa shape index (κ1) is 14.5. The van der Waals surface area contributed by atoms with E-state index in [9.17, 15) is 14.0 Å². The molecule has 0 radical (unpaired) electrons. The number of benzene rings is 1. The van der Waals surface area contributed by atoms with Crippen LogP contribution < -0.4 is 5.43 Å². The highest BCUT2D eigenvalue weighted by Gasteiger charge is 2.19. The molecular weight excluding hydrogens is 281 g/mol. The molecule has 0 atom stereocenters. The maximum absolute atomic E-state index is 13.0. The quantitative estimate of drug-likeness (QED) is 0.811. The van der Waals surface area contributed by atoms with Gasteiger partial charge in [-0.15, -0.1) is 0 Å². The summed E-state index contributed by atoms with van der Waals surface area (Å²) in [6.07, 6.45) is 1.54. The molecule has 3 nitrogen and oxygen atoms in total. The van der Waals surface area contributed by atoms with Crippen molar-refractivity contribution < 1.29 is 9.18 Å². The molecule has 0 spiro atoms. The van der Waals surface area contributed by atoms with E-state index in [0.29, 0.717) is 5.56 Å². The second-order valence-electron chi connectivity index (χ2n) is 4.69. The molecule has 2 aromatic rings. The summed E-state index contributed by atoms with van der Waals surface area (Å²) in [6, 6.07) is 6.74. The Morgan fingerprint density at radius 1 is 1.20 bits per heavy atom. The third-order valence-corrected chi connectivity index (χ3v) is 3.18. The molecule has 2 rings (SSSR count). The predicted octanol–water partition coefficient (Wildman–Crippen LogP) is 3.61. The van der Waals surface area contributed by atoms with Crippen LogP contribution in [0.15, 0.2) is 41.3 Å². The Bertz CT molecular complexity index is 705. The average Bonchev–Trinajstić information content (AvgIpc) is 2.39. The van der Waals surface area contributed by atoms with Crippen molar-refractivity contribution in [3.05, 3.63) is 58.3 Å². The lowest BCUT2D eigenvalue weighted by atomic mass is 10.0. The number of carbonyl (C=O) groups excluding carboxylic acids is 1. The standard InChI is InChI=1S/C15H13ClFNO2/c1-9(2)18-8-7-12(19)13(14(18)15(16)20)10-3-5-11(17)6-4-10/h3-9H,1-2H3. The SMILES string of the molecule is CC(C)n1ccc(=O)c(-c2ccc(F)cc2)c1C(=O)Cl. The molecule has 0 aliphatic heterocycles. The minimum Gasteiger partial charge on any atom is -0.341 e. The summed E-state index contributed by atoms with van der Waals surface area (Å²) in [7, 11) is 0. The molecule has 104 valence electrons. The van der Waals surface area contributed by atoms with Gasteiger partial charge in [-0.1, -0.05) is 12.1 Å². The molecule has 1 aromatic carbocycles. The molecule has 0 fully saturated rings. The van der Waals surface area contributed by atoms with Crippen LogP contribution in [0.2, 0.25) is 0 Å². The van der Waals surface area contributed by atoms with Gasteiger partial charge < -0.3 is 4.57 Å². The minimum absolute atomic E-state index is 0.0347. The number of hydrogen-bond acceptors (Lipinski definition) is 2. The first-order valence-corrected chi connectivity index (χ1v) is 6.50. The summed E-state index contributed by atoms with van der Waals surface area (Å²) >= 11 is 5.64. The van der Waals surface area contributed by atoms with Gasteiger partial charge in [-0.2, -0.15) is 0 Å². The molecular formula is C15H13ClFNO2. The maximum atomic E-state index is 13.0. The van der Waals surface area contributed by atoms with E-state index in [1.165, 1.54) is 36.5 Å². The van der Waals surface area contributed by atoms with E-state index in [-0.39, 0.29) is 22.7 Å². The van der Waals surface area contributed by atoms with Crippen molar-refractivity contribution >= 4 is 16.8 Å². The molecule has 0 N–H and O–H groups in total. The zero-order valence-corrected chi connectivity index (χ0v) is 11.8. The van der Waals surface area contributed by atoms with Gasteiger partial charge in [0.15, 0.2) is 5.43 Å². The zero-order chi connectivity index (χ0) is 14.9. The number of pyridine rings is 1. The van der Waals surface area contributed by atoms with Crippen LogP contribution in [0.1, 0.15) is 30.4 Å². The van der Waals surface area contributed by atoms with Gasteiger partial charge in [0.25, 0.3) is 5.24 Å². The van der Waals surface area contributed by atoms with Crippen LogP contribution in [-0.2, 0) is 0 Å². The summed E-state index contributed by atoms with van der Waals surface area (Å²) in [5.74, 6) is -0.410. The van der Waals surface area contributed by atoms with Crippen LogP contribution in [0, 0.1) is 5.82 Å². The molecule has 0 amide bonds. The van der Waals surface area contributed by atoms with Crippen molar-refractivity contribution in [3.63, 3.8) is 0 Å². The van der Waals surface area contributed by atoms with Crippen molar-refractivity contribution in [3.8, 4) is 11.1 Å². The Balaban J connectivity index is 2.80. The Labute approximate surface area is 120 Å². The highest BCUT2D eigenvalue weighted by Crippen LogP contribution is 2.24. The van der Waals surface area contributed by atoms with Gasteiger partial charge in [-0.05, 0) is 43.1 Å². The molecule has 0 aliphatic rings. The number of nitrogens with zero attached hydrogens (tertiary/aromatic N) is 1. The minimum atomic E-state index is -0.712. The van der Waals surface area contributed by atoms with Crippen LogP contribution in [0.4, 0.5) is 4.39 Å². The van der Waals surface area contributed by atoms with Gasteiger partial charge in [0.05, 0.1) is 5.56 Å². The molecule has 0 aliphatic carbocycles. The van der Waals surface area contributed by atoms with E-state index in [1.807, 2.05) is 13.8 Å². The Hall–Kier alpha value is -1.94. The van der Waals surface area contributed by atoms with E-state index in [4.69, 9.17) is 11.6 Å². The average molecular weight is 294 g/mol. The van der Waals surface area contributed by atoms with Crippen molar-refractivity contribution in [1.82, 2.24) is 4.57 Å². The number of rotatable bonds is 3. The summed E-state index contributed by atoms with van der Waals surface area (Å²) in [5, 5.41) is -0.712. The van der Waals surface area contributed by atoms with Crippen molar-refractivity contribution in [2.45, 2.75) is 19.9 Å². The highest BCUT2D eigenvalue weighted by molar-refractivity contribution is 6.68. The summed E-state index contributed by atoms with van der Waals surface area (Å²) in [5.41, 5.74) is 0.467. The van der Waals surface area contributed by atoms with Gasteiger partial charge in [0.1, 0.15) is 11.5 Å². The second-order valence-corrected chi connectivity index (χ2v) is 5.03. The van der Waals surface area contributed by atoms with E-state index in [1.54, 1.807) is 4.57 Å². The van der Waals surface area contributed by atoms with Gasteiger partial charge in [-0.3, -0.25) is 9.59 Å². The molecule has 0 saturated carbocycles. The van der Waals surface area contributed by atoms with Crippen LogP contribution in [0.5, 0.6) is 0 Å². The first-order chi connectivity index (χ1) is 9.41. The van der Waals surface area contributed by atoms with Crippen molar-refractivity contribution in [2.24, 2.45) is 0 Å². The lowest BCUT2D eigenvalue weighted by Gasteiger charge is -2.17. The molecule has 1 heterocycles. The van der Waals surface area contributed by atoms with Gasteiger partial charge in [0.2, 0.25) is 0 Å². The smallest absolute Gasteiger partial charge is 0.269 e. The normalized spacial score (nSPS) is 10.8. The largest absolute Gasteiger partial charge is 0.341 e. The van der Waals surface area contributed by atoms with Gasteiger partial charge in [0, 0.05) is 18.3 Å². The van der Waals surface area contributed by atoms with Gasteiger partial charge in [-0.25, -0.2) is 4.39 Å². The van der Waals surface area contributed by atoms with E-state index < -0.39 is 11.1 Å². The Kier molecular flexibility index (Phi) is 4.04. The molecule has 0 saturated heterocycles. The fourth-order valence-corrected chi connectivity index (χ4v) is 2.27. The molecule has 1 aromatic heterocycles. The summed E-state index contributed by atoms with van der Waals surface area (Å²) in [4.78, 5) is 23.8. The molecule has 20 heavy (non-hydrogen) atoms. The van der Waals surface area contributed by atoms with E-state index >= 15 is 0 Å². The third kappa shape index (κ3) is 2.65. The van der Waals surface area contributed by atoms with Crippen LogP contribution >= 0.6 is 11.6 Å². The molecule has 0 bridgehead atoms. The fraction of sp³-hybridized carbons (Fsp3) is 0.200. The van der Waals surface area contributed by atoms with Crippen molar-refractivity contribution in [1.29, 1.82) is 0 Å². The highest BCUT2D eigenvalue weighted by atomic mass is 35.5. The summed E-state index contributed by atoms with van der Waals surface area (Å²) in [6.45, 7) is 3.75. The lowest BCUT2D eigenvalue weighted by molar-refractivity contribution is 0.107. The topological polar surface area (TPSA) is 39.1 Å². The van der Waals surface area contributed by atoms with Gasteiger partial charge >= 0.3 is 0 Å². The van der Waals surface area contributed by atoms with E-state index in [2.05, 4.69) is 0 Å². The van der Waals surface area contributed by atoms with Crippen LogP contribution in [0.3, 0.4) is 0 Å². The lowest BCUT2D eigenvalue weighted by Crippen LogP contribution is -2.19. The maximum Gasteiger partial charge on any atom is 0.269 e. The number of carbonyl (C=O) groups is 1. The predicted molar refractivity (Wildman–Crippen MR) is 76.7 cm³/mol. The fourth-order valence-electron chi connectivity index (χ4n) is 2.08. The zero-order valence-electron chi connectivity index (χ0n) is 11.1. The third-order valence-electron chi connectivity index (χ3n) is 3.00. The molecule has 5 heteroatoms. The monoisotopic (exact) mass is 293 g/mol. The van der Waals surface area contributed by atoms with E-state index in [0.717, 1.165) is 0 Å². The molecule has 0 unspecified atom stereocenters. The Morgan fingerprint density at radius 2 is 1.80 bits per heavy atom. The van der Waals surface area contributed by atoms with Crippen LogP contribution in [0.25, 0.3) is 11.1 Å². The Morgan fingerprint density at radius 3 is 2.30 bits per heavy atom. The van der Waals surface area contributed by atoms with Crippen LogP contribution in [-0.4, -0.2) is 9.81 Å². The van der Waals surface area contributed by atoms with Crippen molar-refractivity contribution in [2.75, 3.05) is 0 Å². The number of halogens is 2. The number of hydrogen-bond donors (Lipinski definition) is 0. The number of aromatic nitrogens is 1. The second kappa shape index (κ2) is 5.59. The summed E-state index contributed by atoms with van der Waals surface area (Å²) < 4.78 is 14.6. The first-order valence-electron chi connectivity index (χ1n) is 6.12.